The number of rotatable bonds is 6. The predicted molar refractivity (Wildman–Crippen MR) is 93.7 cm³/mol. The van der Waals surface area contributed by atoms with Crippen LogP contribution in [0.15, 0.2) is 48.8 Å². The van der Waals surface area contributed by atoms with E-state index in [1.54, 1.807) is 36.7 Å². The standard InChI is InChI=1S/C18H22N4O2/c1-13(2)10-20-17(23)15-5-7-16(8-6-15)22-18(24)21-12-14-4-3-9-19-11-14/h3-9,11,13H,10,12H2,1-2H3,(H,20,23)(H2,21,22,24). The maximum absolute atomic E-state index is 11.9. The minimum absolute atomic E-state index is 0.115. The van der Waals surface area contributed by atoms with Crippen molar-refractivity contribution in [2.24, 2.45) is 5.92 Å². The quantitative estimate of drug-likeness (QED) is 0.763. The SMILES string of the molecule is CC(C)CNC(=O)c1ccc(NC(=O)NCc2cccnc2)cc1. The summed E-state index contributed by atoms with van der Waals surface area (Å²) < 4.78 is 0. The van der Waals surface area contributed by atoms with Gasteiger partial charge in [0.05, 0.1) is 0 Å². The van der Waals surface area contributed by atoms with Crippen LogP contribution in [-0.2, 0) is 6.54 Å². The smallest absolute Gasteiger partial charge is 0.319 e. The minimum atomic E-state index is -0.309. The van der Waals surface area contributed by atoms with Crippen LogP contribution in [0.25, 0.3) is 0 Å². The van der Waals surface area contributed by atoms with Crippen molar-refractivity contribution in [3.63, 3.8) is 0 Å². The molecule has 6 heteroatoms. The summed E-state index contributed by atoms with van der Waals surface area (Å²) in [6, 6.07) is 10.2. The van der Waals surface area contributed by atoms with Gasteiger partial charge < -0.3 is 16.0 Å². The number of pyridine rings is 1. The Labute approximate surface area is 141 Å². The highest BCUT2D eigenvalue weighted by atomic mass is 16.2. The highest BCUT2D eigenvalue weighted by molar-refractivity contribution is 5.95. The number of benzene rings is 1. The van der Waals surface area contributed by atoms with Gasteiger partial charge in [0, 0.05) is 36.7 Å². The number of nitrogens with one attached hydrogen (secondary N) is 3. The summed E-state index contributed by atoms with van der Waals surface area (Å²) in [4.78, 5) is 27.8. The molecule has 24 heavy (non-hydrogen) atoms. The van der Waals surface area contributed by atoms with Gasteiger partial charge in [-0.25, -0.2) is 4.79 Å². The fourth-order valence-corrected chi connectivity index (χ4v) is 1.96. The van der Waals surface area contributed by atoms with Crippen LogP contribution in [0.5, 0.6) is 0 Å². The van der Waals surface area contributed by atoms with Gasteiger partial charge in [-0.15, -0.1) is 0 Å². The third-order valence-electron chi connectivity index (χ3n) is 3.25. The average Bonchev–Trinajstić information content (AvgIpc) is 2.59. The van der Waals surface area contributed by atoms with E-state index in [1.165, 1.54) is 0 Å². The van der Waals surface area contributed by atoms with Gasteiger partial charge in [-0.05, 0) is 41.8 Å². The summed E-state index contributed by atoms with van der Waals surface area (Å²) in [6.45, 7) is 5.11. The molecule has 0 saturated heterocycles. The zero-order chi connectivity index (χ0) is 17.4. The largest absolute Gasteiger partial charge is 0.352 e. The number of urea groups is 1. The monoisotopic (exact) mass is 326 g/mol. The van der Waals surface area contributed by atoms with E-state index >= 15 is 0 Å². The van der Waals surface area contributed by atoms with Crippen LogP contribution in [-0.4, -0.2) is 23.5 Å². The van der Waals surface area contributed by atoms with Crippen molar-refractivity contribution in [1.82, 2.24) is 15.6 Å². The molecule has 1 aromatic carbocycles. The molecule has 1 aromatic heterocycles. The number of anilines is 1. The molecule has 0 aliphatic heterocycles. The average molecular weight is 326 g/mol. The lowest BCUT2D eigenvalue weighted by atomic mass is 10.1. The van der Waals surface area contributed by atoms with Gasteiger partial charge >= 0.3 is 6.03 Å². The highest BCUT2D eigenvalue weighted by Crippen LogP contribution is 2.09. The van der Waals surface area contributed by atoms with Crippen molar-refractivity contribution in [1.29, 1.82) is 0 Å². The zero-order valence-electron chi connectivity index (χ0n) is 13.9. The first kappa shape index (κ1) is 17.5. The molecule has 2 aromatic rings. The van der Waals surface area contributed by atoms with Gasteiger partial charge in [-0.3, -0.25) is 9.78 Å². The minimum Gasteiger partial charge on any atom is -0.352 e. The van der Waals surface area contributed by atoms with Gasteiger partial charge in [-0.2, -0.15) is 0 Å². The number of nitrogens with zero attached hydrogens (tertiary/aromatic N) is 1. The number of carbonyl (C=O) groups is 2. The van der Waals surface area contributed by atoms with Crippen LogP contribution in [0.2, 0.25) is 0 Å². The van der Waals surface area contributed by atoms with Crippen LogP contribution >= 0.6 is 0 Å². The number of aromatic nitrogens is 1. The van der Waals surface area contributed by atoms with E-state index in [9.17, 15) is 9.59 Å². The highest BCUT2D eigenvalue weighted by Gasteiger charge is 2.07. The third-order valence-corrected chi connectivity index (χ3v) is 3.25. The van der Waals surface area contributed by atoms with Crippen molar-refractivity contribution in [2.45, 2.75) is 20.4 Å². The molecule has 0 radical (unpaired) electrons. The first-order chi connectivity index (χ1) is 11.5. The molecule has 0 fully saturated rings. The normalized spacial score (nSPS) is 10.3. The molecule has 1 heterocycles. The molecule has 3 N–H and O–H groups in total. The lowest BCUT2D eigenvalue weighted by Crippen LogP contribution is -2.28. The first-order valence-electron chi connectivity index (χ1n) is 7.86. The second kappa shape index (κ2) is 8.67. The second-order valence-corrected chi connectivity index (χ2v) is 5.85. The van der Waals surface area contributed by atoms with Crippen molar-refractivity contribution < 1.29 is 9.59 Å². The summed E-state index contributed by atoms with van der Waals surface area (Å²) in [7, 11) is 0. The maximum Gasteiger partial charge on any atom is 0.319 e. The van der Waals surface area contributed by atoms with E-state index in [0.29, 0.717) is 30.3 Å². The third kappa shape index (κ3) is 5.72. The lowest BCUT2D eigenvalue weighted by Gasteiger charge is -2.09. The molecule has 0 unspecified atom stereocenters. The van der Waals surface area contributed by atoms with Crippen LogP contribution in [0.4, 0.5) is 10.5 Å². The molecule has 0 saturated carbocycles. The fourth-order valence-electron chi connectivity index (χ4n) is 1.96. The first-order valence-corrected chi connectivity index (χ1v) is 7.86. The molecule has 0 aliphatic carbocycles. The Hall–Kier alpha value is -2.89. The van der Waals surface area contributed by atoms with E-state index < -0.39 is 0 Å². The van der Waals surface area contributed by atoms with Crippen LogP contribution in [0, 0.1) is 5.92 Å². The van der Waals surface area contributed by atoms with Crippen LogP contribution < -0.4 is 16.0 Å². The van der Waals surface area contributed by atoms with E-state index in [0.717, 1.165) is 5.56 Å². The van der Waals surface area contributed by atoms with Gasteiger partial charge in [0.2, 0.25) is 0 Å². The van der Waals surface area contributed by atoms with Crippen molar-refractivity contribution in [2.75, 3.05) is 11.9 Å². The molecule has 2 rings (SSSR count). The summed E-state index contributed by atoms with van der Waals surface area (Å²) in [6.07, 6.45) is 3.38. The molecule has 6 nitrogen and oxygen atoms in total. The summed E-state index contributed by atoms with van der Waals surface area (Å²) in [5.74, 6) is 0.287. The lowest BCUT2D eigenvalue weighted by molar-refractivity contribution is 0.0949. The Morgan fingerprint density at radius 3 is 2.46 bits per heavy atom. The number of amides is 3. The van der Waals surface area contributed by atoms with Gasteiger partial charge in [-0.1, -0.05) is 19.9 Å². The summed E-state index contributed by atoms with van der Waals surface area (Å²) in [5, 5.41) is 8.33. The maximum atomic E-state index is 11.9. The molecule has 0 bridgehead atoms. The van der Waals surface area contributed by atoms with E-state index in [-0.39, 0.29) is 11.9 Å². The molecule has 3 amide bonds. The Kier molecular flexibility index (Phi) is 6.31. The molecule has 0 aliphatic rings. The Bertz CT molecular complexity index is 669. The molecule has 0 atom stereocenters. The number of hydrogen-bond acceptors (Lipinski definition) is 3. The number of carbonyl (C=O) groups excluding carboxylic acids is 2. The van der Waals surface area contributed by atoms with Gasteiger partial charge in [0.15, 0.2) is 0 Å². The van der Waals surface area contributed by atoms with Crippen molar-refractivity contribution in [3.05, 3.63) is 59.9 Å². The molecular weight excluding hydrogens is 304 g/mol. The number of hydrogen-bond donors (Lipinski definition) is 3. The van der Waals surface area contributed by atoms with E-state index in [1.807, 2.05) is 26.0 Å². The topological polar surface area (TPSA) is 83.1 Å². The second-order valence-electron chi connectivity index (χ2n) is 5.85. The zero-order valence-corrected chi connectivity index (χ0v) is 13.9. The van der Waals surface area contributed by atoms with Gasteiger partial charge in [0.25, 0.3) is 5.91 Å². The Morgan fingerprint density at radius 1 is 1.08 bits per heavy atom. The van der Waals surface area contributed by atoms with Crippen molar-refractivity contribution in [3.8, 4) is 0 Å². The van der Waals surface area contributed by atoms with E-state index in [4.69, 9.17) is 0 Å². The van der Waals surface area contributed by atoms with Crippen LogP contribution in [0.1, 0.15) is 29.8 Å². The Morgan fingerprint density at radius 2 is 1.83 bits per heavy atom. The summed E-state index contributed by atoms with van der Waals surface area (Å²) in [5.41, 5.74) is 2.11. The fraction of sp³-hybridized carbons (Fsp3) is 0.278. The van der Waals surface area contributed by atoms with E-state index in [2.05, 4.69) is 20.9 Å². The molecule has 0 spiro atoms. The van der Waals surface area contributed by atoms with Crippen LogP contribution in [0.3, 0.4) is 0 Å². The molecule has 126 valence electrons. The van der Waals surface area contributed by atoms with Gasteiger partial charge in [0.1, 0.15) is 0 Å². The summed E-state index contributed by atoms with van der Waals surface area (Å²) >= 11 is 0. The Balaban J connectivity index is 1.82. The molecular formula is C18H22N4O2. The van der Waals surface area contributed by atoms with Crippen molar-refractivity contribution >= 4 is 17.6 Å². The predicted octanol–water partition coefficient (Wildman–Crippen LogP) is 2.79.